The van der Waals surface area contributed by atoms with Crippen molar-refractivity contribution in [2.24, 2.45) is 5.92 Å². The summed E-state index contributed by atoms with van der Waals surface area (Å²) in [7, 11) is 0. The SMILES string of the molecule is Cc1ccc(CCC2CCN(C(=O)CN3CCCCCC3=O)CC2)cc1. The van der Waals surface area contributed by atoms with Crippen LogP contribution in [0.5, 0.6) is 0 Å². The zero-order valence-electron chi connectivity index (χ0n) is 16.1. The molecule has 4 heteroatoms. The van der Waals surface area contributed by atoms with Gasteiger partial charge in [0.25, 0.3) is 0 Å². The van der Waals surface area contributed by atoms with E-state index in [2.05, 4.69) is 31.2 Å². The van der Waals surface area contributed by atoms with Crippen molar-refractivity contribution in [1.29, 1.82) is 0 Å². The van der Waals surface area contributed by atoms with Crippen LogP contribution in [-0.4, -0.2) is 47.8 Å². The number of likely N-dealkylation sites (tertiary alicyclic amines) is 2. The molecule has 0 aliphatic carbocycles. The van der Waals surface area contributed by atoms with Crippen molar-refractivity contribution >= 4 is 11.8 Å². The first kappa shape index (κ1) is 18.9. The maximum absolute atomic E-state index is 12.6. The lowest BCUT2D eigenvalue weighted by Gasteiger charge is -2.33. The Hall–Kier alpha value is -1.84. The van der Waals surface area contributed by atoms with E-state index in [4.69, 9.17) is 0 Å². The quantitative estimate of drug-likeness (QED) is 0.809. The predicted molar refractivity (Wildman–Crippen MR) is 104 cm³/mol. The van der Waals surface area contributed by atoms with Gasteiger partial charge in [-0.05, 0) is 56.9 Å². The molecule has 142 valence electrons. The molecule has 0 radical (unpaired) electrons. The second-order valence-corrected chi connectivity index (χ2v) is 7.97. The summed E-state index contributed by atoms with van der Waals surface area (Å²) in [6.07, 6.45) is 8.21. The molecule has 0 N–H and O–H groups in total. The molecule has 1 aromatic rings. The molecule has 0 aromatic heterocycles. The first-order chi connectivity index (χ1) is 12.6. The highest BCUT2D eigenvalue weighted by molar-refractivity contribution is 5.85. The fraction of sp³-hybridized carbons (Fsp3) is 0.636. The second-order valence-electron chi connectivity index (χ2n) is 7.97. The van der Waals surface area contributed by atoms with Crippen LogP contribution >= 0.6 is 0 Å². The lowest BCUT2D eigenvalue weighted by molar-refractivity contribution is -0.141. The van der Waals surface area contributed by atoms with Crippen molar-refractivity contribution in [2.75, 3.05) is 26.2 Å². The average molecular weight is 357 g/mol. The van der Waals surface area contributed by atoms with Gasteiger partial charge in [-0.3, -0.25) is 9.59 Å². The number of hydrogen-bond acceptors (Lipinski definition) is 2. The summed E-state index contributed by atoms with van der Waals surface area (Å²) in [4.78, 5) is 28.4. The first-order valence-corrected chi connectivity index (χ1v) is 10.2. The van der Waals surface area contributed by atoms with E-state index in [-0.39, 0.29) is 18.4 Å². The predicted octanol–water partition coefficient (Wildman–Crippen LogP) is 3.57. The van der Waals surface area contributed by atoms with Crippen LogP contribution in [0.3, 0.4) is 0 Å². The number of hydrogen-bond donors (Lipinski definition) is 0. The molecule has 2 heterocycles. The second kappa shape index (κ2) is 9.20. The molecule has 2 aliphatic rings. The van der Waals surface area contributed by atoms with Crippen LogP contribution < -0.4 is 0 Å². The number of amides is 2. The Kier molecular flexibility index (Phi) is 6.70. The molecule has 3 rings (SSSR count). The Balaban J connectivity index is 1.40. The maximum Gasteiger partial charge on any atom is 0.242 e. The van der Waals surface area contributed by atoms with E-state index in [0.29, 0.717) is 12.3 Å². The standard InChI is InChI=1S/C22H32N2O2/c1-18-6-8-19(9-7-18)10-11-20-12-15-23(16-13-20)22(26)17-24-14-4-2-3-5-21(24)25/h6-9,20H,2-5,10-17H2,1H3. The van der Waals surface area contributed by atoms with Gasteiger partial charge in [-0.2, -0.15) is 0 Å². The molecular formula is C22H32N2O2. The minimum atomic E-state index is 0.136. The summed E-state index contributed by atoms with van der Waals surface area (Å²) in [5.41, 5.74) is 2.72. The molecule has 4 nitrogen and oxygen atoms in total. The van der Waals surface area contributed by atoms with E-state index >= 15 is 0 Å². The van der Waals surface area contributed by atoms with Gasteiger partial charge in [0, 0.05) is 26.1 Å². The smallest absolute Gasteiger partial charge is 0.242 e. The van der Waals surface area contributed by atoms with Crippen molar-refractivity contribution in [3.63, 3.8) is 0 Å². The highest BCUT2D eigenvalue weighted by atomic mass is 16.2. The molecule has 0 atom stereocenters. The number of rotatable bonds is 5. The number of benzene rings is 1. The van der Waals surface area contributed by atoms with Gasteiger partial charge in [-0.25, -0.2) is 0 Å². The molecule has 2 saturated heterocycles. The minimum Gasteiger partial charge on any atom is -0.341 e. The van der Waals surface area contributed by atoms with Crippen molar-refractivity contribution in [3.8, 4) is 0 Å². The maximum atomic E-state index is 12.6. The summed E-state index contributed by atoms with van der Waals surface area (Å²) in [6, 6.07) is 8.82. The van der Waals surface area contributed by atoms with Gasteiger partial charge >= 0.3 is 0 Å². The highest BCUT2D eigenvalue weighted by Crippen LogP contribution is 2.23. The number of carbonyl (C=O) groups is 2. The van der Waals surface area contributed by atoms with E-state index in [1.807, 2.05) is 4.90 Å². The van der Waals surface area contributed by atoms with E-state index in [0.717, 1.165) is 58.2 Å². The Bertz CT molecular complexity index is 603. The third kappa shape index (κ3) is 5.33. The molecule has 26 heavy (non-hydrogen) atoms. The monoisotopic (exact) mass is 356 g/mol. The molecule has 0 unspecified atom stereocenters. The normalized spacial score (nSPS) is 19.5. The van der Waals surface area contributed by atoms with Crippen molar-refractivity contribution in [3.05, 3.63) is 35.4 Å². The van der Waals surface area contributed by atoms with Gasteiger partial charge in [0.1, 0.15) is 0 Å². The number of piperidine rings is 1. The molecule has 2 aliphatic heterocycles. The van der Waals surface area contributed by atoms with E-state index in [1.165, 1.54) is 17.5 Å². The fourth-order valence-corrected chi connectivity index (χ4v) is 4.07. The Morgan fingerprint density at radius 1 is 1.04 bits per heavy atom. The fourth-order valence-electron chi connectivity index (χ4n) is 4.07. The lowest BCUT2D eigenvalue weighted by Crippen LogP contribution is -2.45. The number of nitrogens with zero attached hydrogens (tertiary/aromatic N) is 2. The molecule has 0 bridgehead atoms. The minimum absolute atomic E-state index is 0.136. The van der Waals surface area contributed by atoms with Crippen LogP contribution in [0.15, 0.2) is 24.3 Å². The molecular weight excluding hydrogens is 324 g/mol. The Morgan fingerprint density at radius 2 is 1.77 bits per heavy atom. The molecule has 0 spiro atoms. The number of carbonyl (C=O) groups excluding carboxylic acids is 2. The van der Waals surface area contributed by atoms with Crippen LogP contribution in [0.2, 0.25) is 0 Å². The van der Waals surface area contributed by atoms with Crippen LogP contribution in [0.25, 0.3) is 0 Å². The summed E-state index contributed by atoms with van der Waals surface area (Å²) < 4.78 is 0. The topological polar surface area (TPSA) is 40.6 Å². The van der Waals surface area contributed by atoms with Gasteiger partial charge < -0.3 is 9.80 Å². The zero-order chi connectivity index (χ0) is 18.4. The van der Waals surface area contributed by atoms with Crippen LogP contribution in [-0.2, 0) is 16.0 Å². The van der Waals surface area contributed by atoms with Gasteiger partial charge in [0.2, 0.25) is 11.8 Å². The van der Waals surface area contributed by atoms with E-state index in [1.54, 1.807) is 4.90 Å². The van der Waals surface area contributed by atoms with Gasteiger partial charge in [-0.1, -0.05) is 36.2 Å². The zero-order valence-corrected chi connectivity index (χ0v) is 16.1. The lowest BCUT2D eigenvalue weighted by atomic mass is 9.90. The molecule has 1 aromatic carbocycles. The van der Waals surface area contributed by atoms with E-state index < -0.39 is 0 Å². The summed E-state index contributed by atoms with van der Waals surface area (Å²) >= 11 is 0. The van der Waals surface area contributed by atoms with Gasteiger partial charge in [-0.15, -0.1) is 0 Å². The van der Waals surface area contributed by atoms with Crippen molar-refractivity contribution in [2.45, 2.75) is 58.3 Å². The van der Waals surface area contributed by atoms with Crippen LogP contribution in [0.4, 0.5) is 0 Å². The molecule has 2 amide bonds. The summed E-state index contributed by atoms with van der Waals surface area (Å²) in [5.74, 6) is 1.00. The Morgan fingerprint density at radius 3 is 2.50 bits per heavy atom. The first-order valence-electron chi connectivity index (χ1n) is 10.2. The van der Waals surface area contributed by atoms with Crippen molar-refractivity contribution in [1.82, 2.24) is 9.80 Å². The van der Waals surface area contributed by atoms with Crippen molar-refractivity contribution < 1.29 is 9.59 Å². The van der Waals surface area contributed by atoms with E-state index in [9.17, 15) is 9.59 Å². The molecule has 0 saturated carbocycles. The third-order valence-corrected chi connectivity index (χ3v) is 5.93. The summed E-state index contributed by atoms with van der Waals surface area (Å²) in [6.45, 7) is 4.85. The number of aryl methyl sites for hydroxylation is 2. The van der Waals surface area contributed by atoms with Gasteiger partial charge in [0.15, 0.2) is 0 Å². The summed E-state index contributed by atoms with van der Waals surface area (Å²) in [5, 5.41) is 0. The average Bonchev–Trinajstić information content (AvgIpc) is 2.86. The highest BCUT2D eigenvalue weighted by Gasteiger charge is 2.26. The third-order valence-electron chi connectivity index (χ3n) is 5.93. The van der Waals surface area contributed by atoms with Crippen LogP contribution in [0.1, 0.15) is 56.1 Å². The van der Waals surface area contributed by atoms with Gasteiger partial charge in [0.05, 0.1) is 6.54 Å². The van der Waals surface area contributed by atoms with Crippen LogP contribution in [0, 0.1) is 12.8 Å². The largest absolute Gasteiger partial charge is 0.341 e. The molecule has 2 fully saturated rings. The Labute approximate surface area is 157 Å².